The average molecular weight is 250 g/mol. The smallest absolute Gasteiger partial charge is 0.122 e. The highest BCUT2D eigenvalue weighted by Gasteiger charge is 2.47. The highest BCUT2D eigenvalue weighted by molar-refractivity contribution is 5.16. The summed E-state index contributed by atoms with van der Waals surface area (Å²) in [6, 6.07) is 3.17. The number of hydrogen-bond acceptors (Lipinski definition) is 4. The van der Waals surface area contributed by atoms with Crippen LogP contribution in [0.5, 0.6) is 0 Å². The van der Waals surface area contributed by atoms with Crippen molar-refractivity contribution in [2.75, 3.05) is 40.8 Å². The van der Waals surface area contributed by atoms with Gasteiger partial charge in [-0.15, -0.1) is 0 Å². The van der Waals surface area contributed by atoms with E-state index >= 15 is 0 Å². The zero-order valence-corrected chi connectivity index (χ0v) is 12.1. The molecule has 1 N–H and O–H groups in total. The minimum absolute atomic E-state index is 0.319. The average Bonchev–Trinajstić information content (AvgIpc) is 3.11. The molecule has 2 rings (SSSR count). The van der Waals surface area contributed by atoms with Crippen LogP contribution in [-0.4, -0.2) is 62.2 Å². The van der Waals surface area contributed by atoms with Gasteiger partial charge in [0.05, 0.1) is 6.07 Å². The quantitative estimate of drug-likeness (QED) is 0.782. The molecule has 2 fully saturated rings. The fourth-order valence-electron chi connectivity index (χ4n) is 3.37. The molecule has 1 aliphatic heterocycles. The van der Waals surface area contributed by atoms with E-state index in [-0.39, 0.29) is 5.54 Å². The van der Waals surface area contributed by atoms with Gasteiger partial charge >= 0.3 is 0 Å². The Morgan fingerprint density at radius 3 is 2.44 bits per heavy atom. The maximum atomic E-state index is 9.54. The van der Waals surface area contributed by atoms with E-state index < -0.39 is 0 Å². The van der Waals surface area contributed by atoms with Crippen molar-refractivity contribution in [3.05, 3.63) is 0 Å². The van der Waals surface area contributed by atoms with Gasteiger partial charge in [0.2, 0.25) is 0 Å². The highest BCUT2D eigenvalue weighted by atomic mass is 15.3. The van der Waals surface area contributed by atoms with Crippen molar-refractivity contribution < 1.29 is 0 Å². The van der Waals surface area contributed by atoms with E-state index in [2.05, 4.69) is 42.2 Å². The third-order valence-corrected chi connectivity index (χ3v) is 4.70. The van der Waals surface area contributed by atoms with E-state index in [1.54, 1.807) is 0 Å². The third-order valence-electron chi connectivity index (χ3n) is 4.70. The summed E-state index contributed by atoms with van der Waals surface area (Å²) in [7, 11) is 6.24. The van der Waals surface area contributed by atoms with Crippen LogP contribution in [0.3, 0.4) is 0 Å². The lowest BCUT2D eigenvalue weighted by molar-refractivity contribution is 0.216. The van der Waals surface area contributed by atoms with Crippen molar-refractivity contribution in [1.82, 2.24) is 15.1 Å². The molecule has 1 saturated heterocycles. The molecular formula is C14H26N4. The molecule has 0 aromatic heterocycles. The molecule has 18 heavy (non-hydrogen) atoms. The van der Waals surface area contributed by atoms with Gasteiger partial charge in [-0.25, -0.2) is 0 Å². The summed E-state index contributed by atoms with van der Waals surface area (Å²) in [4.78, 5) is 4.78. The van der Waals surface area contributed by atoms with Crippen LogP contribution in [0.15, 0.2) is 0 Å². The number of nitrogens with one attached hydrogen (secondary N) is 1. The first-order chi connectivity index (χ1) is 8.52. The van der Waals surface area contributed by atoms with Gasteiger partial charge in [0.1, 0.15) is 5.54 Å². The number of nitriles is 1. The molecule has 1 aliphatic carbocycles. The van der Waals surface area contributed by atoms with Crippen LogP contribution in [-0.2, 0) is 0 Å². The summed E-state index contributed by atoms with van der Waals surface area (Å²) in [5, 5.41) is 12.8. The van der Waals surface area contributed by atoms with Gasteiger partial charge in [0.25, 0.3) is 0 Å². The lowest BCUT2D eigenvalue weighted by Gasteiger charge is -2.31. The zero-order chi connectivity index (χ0) is 13.3. The minimum Gasteiger partial charge on any atom is -0.305 e. The molecule has 2 aliphatic rings. The molecule has 0 aromatic rings. The van der Waals surface area contributed by atoms with Crippen LogP contribution < -0.4 is 5.32 Å². The van der Waals surface area contributed by atoms with Crippen molar-refractivity contribution in [3.63, 3.8) is 0 Å². The van der Waals surface area contributed by atoms with Crippen LogP contribution in [0.25, 0.3) is 0 Å². The Kier molecular flexibility index (Phi) is 3.96. The maximum absolute atomic E-state index is 9.54. The lowest BCUT2D eigenvalue weighted by Crippen LogP contribution is -2.52. The Balaban J connectivity index is 1.99. The van der Waals surface area contributed by atoms with Crippen molar-refractivity contribution in [1.29, 1.82) is 5.26 Å². The van der Waals surface area contributed by atoms with Gasteiger partial charge in [0, 0.05) is 25.7 Å². The van der Waals surface area contributed by atoms with Crippen LogP contribution in [0.4, 0.5) is 0 Å². The second-order valence-electron chi connectivity index (χ2n) is 6.31. The van der Waals surface area contributed by atoms with Gasteiger partial charge in [-0.3, -0.25) is 4.90 Å². The molecule has 4 nitrogen and oxygen atoms in total. The maximum Gasteiger partial charge on any atom is 0.122 e. The second kappa shape index (κ2) is 5.16. The van der Waals surface area contributed by atoms with Crippen molar-refractivity contribution >= 4 is 0 Å². The predicted octanol–water partition coefficient (Wildman–Crippen LogP) is 0.760. The molecular weight excluding hydrogens is 224 g/mol. The number of hydrogen-bond donors (Lipinski definition) is 1. The van der Waals surface area contributed by atoms with E-state index in [4.69, 9.17) is 0 Å². The van der Waals surface area contributed by atoms with E-state index in [0.717, 1.165) is 19.6 Å². The summed E-state index contributed by atoms with van der Waals surface area (Å²) in [6.45, 7) is 5.39. The fraction of sp³-hybridized carbons (Fsp3) is 0.929. The Morgan fingerprint density at radius 2 is 2.06 bits per heavy atom. The molecule has 0 bridgehead atoms. The van der Waals surface area contributed by atoms with E-state index in [1.807, 2.05) is 7.05 Å². The normalized spacial score (nSPS) is 32.4. The van der Waals surface area contributed by atoms with Crippen LogP contribution in [0.2, 0.25) is 0 Å². The summed E-state index contributed by atoms with van der Waals surface area (Å²) in [5.41, 5.74) is -0.319. The topological polar surface area (TPSA) is 42.3 Å². The largest absolute Gasteiger partial charge is 0.305 e. The molecule has 0 spiro atoms. The van der Waals surface area contributed by atoms with E-state index in [9.17, 15) is 5.26 Å². The Bertz CT molecular complexity index is 331. The monoisotopic (exact) mass is 250 g/mol. The molecule has 0 amide bonds. The predicted molar refractivity (Wildman–Crippen MR) is 73.2 cm³/mol. The standard InChI is InChI=1S/C14H26N4/c1-11-7-18(8-13(11)17(3)4)10-14(9-15,16-2)12-5-6-12/h11-13,16H,5-8,10H2,1-4H3. The fourth-order valence-corrected chi connectivity index (χ4v) is 3.37. The molecule has 3 atom stereocenters. The summed E-state index contributed by atoms with van der Waals surface area (Å²) < 4.78 is 0. The summed E-state index contributed by atoms with van der Waals surface area (Å²) >= 11 is 0. The zero-order valence-electron chi connectivity index (χ0n) is 12.1. The number of rotatable bonds is 5. The number of nitrogens with zero attached hydrogens (tertiary/aromatic N) is 3. The molecule has 3 unspecified atom stereocenters. The molecule has 4 heteroatoms. The summed E-state index contributed by atoms with van der Waals surface area (Å²) in [5.74, 6) is 1.24. The molecule has 1 saturated carbocycles. The third kappa shape index (κ3) is 2.54. The lowest BCUT2D eigenvalue weighted by atomic mass is 9.94. The minimum atomic E-state index is -0.319. The van der Waals surface area contributed by atoms with Crippen molar-refractivity contribution in [3.8, 4) is 6.07 Å². The van der Waals surface area contributed by atoms with Gasteiger partial charge in [0.15, 0.2) is 0 Å². The van der Waals surface area contributed by atoms with Gasteiger partial charge in [-0.05, 0) is 45.8 Å². The van der Waals surface area contributed by atoms with Crippen molar-refractivity contribution in [2.45, 2.75) is 31.3 Å². The molecule has 1 heterocycles. The van der Waals surface area contributed by atoms with E-state index in [0.29, 0.717) is 17.9 Å². The first kappa shape index (κ1) is 13.8. The SMILES string of the molecule is CNC(C#N)(CN1CC(C)C(N(C)C)C1)C1CC1. The molecule has 0 radical (unpaired) electrons. The van der Waals surface area contributed by atoms with Crippen LogP contribution in [0.1, 0.15) is 19.8 Å². The number of likely N-dealkylation sites (tertiary alicyclic amines) is 1. The highest BCUT2D eigenvalue weighted by Crippen LogP contribution is 2.40. The van der Waals surface area contributed by atoms with Gasteiger partial charge < -0.3 is 10.2 Å². The Hall–Kier alpha value is -0.630. The molecule has 102 valence electrons. The first-order valence-corrected chi connectivity index (χ1v) is 7.01. The van der Waals surface area contributed by atoms with Gasteiger partial charge in [-0.1, -0.05) is 6.92 Å². The first-order valence-electron chi connectivity index (χ1n) is 7.01. The van der Waals surface area contributed by atoms with Crippen LogP contribution in [0, 0.1) is 23.2 Å². The van der Waals surface area contributed by atoms with Gasteiger partial charge in [-0.2, -0.15) is 5.26 Å². The summed E-state index contributed by atoms with van der Waals surface area (Å²) in [6.07, 6.45) is 2.41. The van der Waals surface area contributed by atoms with Crippen molar-refractivity contribution in [2.24, 2.45) is 11.8 Å². The number of likely N-dealkylation sites (N-methyl/N-ethyl adjacent to an activating group) is 2. The Labute approximate surface area is 111 Å². The second-order valence-corrected chi connectivity index (χ2v) is 6.31. The van der Waals surface area contributed by atoms with E-state index in [1.165, 1.54) is 12.8 Å². The van der Waals surface area contributed by atoms with Crippen LogP contribution >= 0.6 is 0 Å². The molecule has 0 aromatic carbocycles. The Morgan fingerprint density at radius 1 is 1.39 bits per heavy atom.